The van der Waals surface area contributed by atoms with Gasteiger partial charge in [0, 0.05) is 6.42 Å². The molecule has 0 saturated carbocycles. The quantitative estimate of drug-likeness (QED) is 0.290. The highest BCUT2D eigenvalue weighted by atomic mass is 32.2. The molecule has 0 fully saturated rings. The average molecular weight is 432 g/mol. The molecule has 0 aliphatic heterocycles. The number of carbonyl (C=O) groups is 1. The van der Waals surface area contributed by atoms with Gasteiger partial charge < -0.3 is 9.84 Å². The first kappa shape index (κ1) is 20.7. The van der Waals surface area contributed by atoms with E-state index in [2.05, 4.69) is 39.4 Å². The standard InChI is InChI=1S/C24H21N3O3S/c1-2-22-25-24(27-26-22)31-21(23(28)29)14-16-10-12-19(13-11-16)30-15-18-8-5-7-17-6-3-4-9-20(17)18/h3-14H,2,15H2,1H3,(H,28,29)(H,25,26,27)/b21-14-. The number of hydrogen-bond acceptors (Lipinski definition) is 5. The van der Waals surface area contributed by atoms with Crippen LogP contribution in [0.4, 0.5) is 0 Å². The van der Waals surface area contributed by atoms with Crippen molar-refractivity contribution in [2.24, 2.45) is 0 Å². The van der Waals surface area contributed by atoms with Gasteiger partial charge in [-0.1, -0.05) is 61.5 Å². The summed E-state index contributed by atoms with van der Waals surface area (Å²) in [6, 6.07) is 21.7. The summed E-state index contributed by atoms with van der Waals surface area (Å²) in [5, 5.41) is 19.1. The number of nitrogens with one attached hydrogen (secondary N) is 1. The van der Waals surface area contributed by atoms with Gasteiger partial charge in [0.1, 0.15) is 23.1 Å². The Labute approximate surface area is 184 Å². The smallest absolute Gasteiger partial charge is 0.342 e. The Bertz CT molecular complexity index is 1230. The van der Waals surface area contributed by atoms with Gasteiger partial charge in [0.15, 0.2) is 0 Å². The lowest BCUT2D eigenvalue weighted by atomic mass is 10.1. The van der Waals surface area contributed by atoms with Crippen molar-refractivity contribution in [3.05, 3.63) is 88.6 Å². The molecular formula is C24H21N3O3S. The van der Waals surface area contributed by atoms with Crippen LogP contribution in [0.2, 0.25) is 0 Å². The summed E-state index contributed by atoms with van der Waals surface area (Å²) in [5.74, 6) is 0.417. The molecule has 4 rings (SSSR count). The maximum absolute atomic E-state index is 11.6. The van der Waals surface area contributed by atoms with Crippen LogP contribution in [-0.2, 0) is 17.8 Å². The summed E-state index contributed by atoms with van der Waals surface area (Å²) in [7, 11) is 0. The molecule has 156 valence electrons. The summed E-state index contributed by atoms with van der Waals surface area (Å²) in [5.41, 5.74) is 1.87. The van der Waals surface area contributed by atoms with E-state index in [1.807, 2.05) is 49.4 Å². The summed E-state index contributed by atoms with van der Waals surface area (Å²) in [6.07, 6.45) is 2.31. The fourth-order valence-electron chi connectivity index (χ4n) is 3.11. The Morgan fingerprint density at radius 3 is 2.61 bits per heavy atom. The highest BCUT2D eigenvalue weighted by Crippen LogP contribution is 2.27. The minimum absolute atomic E-state index is 0.145. The molecule has 0 aliphatic rings. The molecule has 6 nitrogen and oxygen atoms in total. The molecule has 0 unspecified atom stereocenters. The van der Waals surface area contributed by atoms with Crippen molar-refractivity contribution in [3.8, 4) is 5.75 Å². The van der Waals surface area contributed by atoms with E-state index in [0.29, 0.717) is 18.2 Å². The minimum Gasteiger partial charge on any atom is -0.489 e. The van der Waals surface area contributed by atoms with E-state index < -0.39 is 5.97 Å². The van der Waals surface area contributed by atoms with E-state index in [9.17, 15) is 9.90 Å². The van der Waals surface area contributed by atoms with Crippen molar-refractivity contribution in [3.63, 3.8) is 0 Å². The number of fused-ring (bicyclic) bond motifs is 1. The first-order valence-corrected chi connectivity index (χ1v) is 10.7. The van der Waals surface area contributed by atoms with Crippen LogP contribution in [0.3, 0.4) is 0 Å². The lowest BCUT2D eigenvalue weighted by molar-refractivity contribution is -0.131. The second-order valence-electron chi connectivity index (χ2n) is 6.83. The molecule has 1 aromatic heterocycles. The molecule has 0 bridgehead atoms. The van der Waals surface area contributed by atoms with Crippen molar-refractivity contribution in [2.75, 3.05) is 0 Å². The van der Waals surface area contributed by atoms with Crippen molar-refractivity contribution in [1.82, 2.24) is 15.2 Å². The third-order valence-electron chi connectivity index (χ3n) is 4.71. The fraction of sp³-hybridized carbons (Fsp3) is 0.125. The Kier molecular flexibility index (Phi) is 6.33. The number of ether oxygens (including phenoxy) is 1. The first-order chi connectivity index (χ1) is 15.1. The second-order valence-corrected chi connectivity index (χ2v) is 7.84. The van der Waals surface area contributed by atoms with E-state index in [4.69, 9.17) is 4.74 Å². The lowest BCUT2D eigenvalue weighted by Crippen LogP contribution is -1.98. The molecule has 0 aliphatic carbocycles. The molecule has 0 radical (unpaired) electrons. The number of carboxylic acid groups (broad SMARTS) is 1. The summed E-state index contributed by atoms with van der Waals surface area (Å²) >= 11 is 1.02. The maximum Gasteiger partial charge on any atom is 0.342 e. The third kappa shape index (κ3) is 5.13. The monoisotopic (exact) mass is 431 g/mol. The number of aryl methyl sites for hydroxylation is 1. The van der Waals surface area contributed by atoms with Crippen molar-refractivity contribution in [2.45, 2.75) is 25.1 Å². The van der Waals surface area contributed by atoms with E-state index in [-0.39, 0.29) is 4.91 Å². The highest BCUT2D eigenvalue weighted by molar-refractivity contribution is 8.04. The number of aromatic amines is 1. The largest absolute Gasteiger partial charge is 0.489 e. The Morgan fingerprint density at radius 2 is 1.87 bits per heavy atom. The zero-order valence-corrected chi connectivity index (χ0v) is 17.7. The van der Waals surface area contributed by atoms with Gasteiger partial charge in [-0.15, -0.1) is 5.10 Å². The number of hydrogen-bond donors (Lipinski definition) is 2. The normalized spacial score (nSPS) is 11.6. The van der Waals surface area contributed by atoms with Gasteiger partial charge in [-0.25, -0.2) is 9.78 Å². The van der Waals surface area contributed by atoms with Crippen molar-refractivity contribution < 1.29 is 14.6 Å². The number of nitrogens with zero attached hydrogens (tertiary/aromatic N) is 2. The van der Waals surface area contributed by atoms with Gasteiger partial charge in [0.25, 0.3) is 0 Å². The van der Waals surface area contributed by atoms with E-state index in [0.717, 1.165) is 34.5 Å². The van der Waals surface area contributed by atoms with Gasteiger partial charge in [-0.05, 0) is 51.9 Å². The van der Waals surface area contributed by atoms with Crippen molar-refractivity contribution >= 4 is 34.6 Å². The molecule has 31 heavy (non-hydrogen) atoms. The number of thioether (sulfide) groups is 1. The van der Waals surface area contributed by atoms with Crippen molar-refractivity contribution in [1.29, 1.82) is 0 Å². The summed E-state index contributed by atoms with van der Waals surface area (Å²) in [4.78, 5) is 16.0. The van der Waals surface area contributed by atoms with Gasteiger partial charge in [0.05, 0.1) is 0 Å². The predicted molar refractivity (Wildman–Crippen MR) is 122 cm³/mol. The van der Waals surface area contributed by atoms with Crippen LogP contribution in [0.25, 0.3) is 16.8 Å². The zero-order valence-electron chi connectivity index (χ0n) is 16.9. The summed E-state index contributed by atoms with van der Waals surface area (Å²) in [6.45, 7) is 2.41. The van der Waals surface area contributed by atoms with Crippen LogP contribution < -0.4 is 4.74 Å². The SMILES string of the molecule is CCc1nc(S/C(=C\c2ccc(OCc3cccc4ccccc34)cc2)C(=O)O)n[nH]1. The van der Waals surface area contributed by atoms with E-state index in [1.54, 1.807) is 6.08 Å². The molecule has 1 heterocycles. The maximum atomic E-state index is 11.6. The fourth-order valence-corrected chi connectivity index (χ4v) is 3.83. The van der Waals surface area contributed by atoms with Gasteiger partial charge in [-0.2, -0.15) is 0 Å². The predicted octanol–water partition coefficient (Wildman–Crippen LogP) is 5.32. The second kappa shape index (κ2) is 9.49. The zero-order chi connectivity index (χ0) is 21.6. The topological polar surface area (TPSA) is 88.1 Å². The van der Waals surface area contributed by atoms with Crippen LogP contribution in [0.15, 0.2) is 76.8 Å². The van der Waals surface area contributed by atoms with Gasteiger partial charge >= 0.3 is 5.97 Å². The van der Waals surface area contributed by atoms with Crippen LogP contribution in [0, 0.1) is 0 Å². The summed E-state index contributed by atoms with van der Waals surface area (Å²) < 4.78 is 5.95. The molecule has 0 saturated heterocycles. The third-order valence-corrected chi connectivity index (χ3v) is 5.59. The minimum atomic E-state index is -1.02. The number of carboxylic acids is 1. The van der Waals surface area contributed by atoms with Crippen LogP contribution >= 0.6 is 11.8 Å². The average Bonchev–Trinajstić information content (AvgIpc) is 3.26. The van der Waals surface area contributed by atoms with Crippen LogP contribution in [-0.4, -0.2) is 26.3 Å². The number of rotatable bonds is 8. The molecule has 7 heteroatoms. The Balaban J connectivity index is 1.45. The van der Waals surface area contributed by atoms with Gasteiger partial charge in [0.2, 0.25) is 5.16 Å². The number of benzene rings is 3. The first-order valence-electron chi connectivity index (χ1n) is 9.86. The van der Waals surface area contributed by atoms with Crippen LogP contribution in [0.1, 0.15) is 23.9 Å². The molecular weight excluding hydrogens is 410 g/mol. The van der Waals surface area contributed by atoms with Crippen LogP contribution in [0.5, 0.6) is 5.75 Å². The molecule has 2 N–H and O–H groups in total. The molecule has 4 aromatic rings. The Morgan fingerprint density at radius 1 is 1.10 bits per heavy atom. The van der Waals surface area contributed by atoms with Gasteiger partial charge in [-0.3, -0.25) is 5.10 Å². The Hall–Kier alpha value is -3.58. The number of aromatic nitrogens is 3. The van der Waals surface area contributed by atoms with E-state index in [1.165, 1.54) is 10.8 Å². The number of aliphatic carboxylic acids is 1. The molecule has 0 atom stereocenters. The molecule has 3 aromatic carbocycles. The molecule has 0 spiro atoms. The number of H-pyrrole nitrogens is 1. The highest BCUT2D eigenvalue weighted by Gasteiger charge is 2.13. The lowest BCUT2D eigenvalue weighted by Gasteiger charge is -2.09. The molecule has 0 amide bonds. The van der Waals surface area contributed by atoms with E-state index >= 15 is 0 Å².